The van der Waals surface area contributed by atoms with Gasteiger partial charge in [0.1, 0.15) is 18.4 Å². The molecule has 1 saturated heterocycles. The number of hydrogen-bond acceptors (Lipinski definition) is 5. The van der Waals surface area contributed by atoms with Gasteiger partial charge in [-0.25, -0.2) is 4.99 Å². The van der Waals surface area contributed by atoms with Gasteiger partial charge in [-0.1, -0.05) is 44.1 Å². The lowest BCUT2D eigenvalue weighted by atomic mass is 9.97. The minimum atomic E-state index is -0.153. The molecule has 28 heavy (non-hydrogen) atoms. The number of aliphatic imine (C=N–C) groups is 1. The van der Waals surface area contributed by atoms with Crippen LogP contribution in [0.1, 0.15) is 52.3 Å². The van der Waals surface area contributed by atoms with Crippen LogP contribution in [0.25, 0.3) is 0 Å². The van der Waals surface area contributed by atoms with Crippen LogP contribution in [0.3, 0.4) is 0 Å². The van der Waals surface area contributed by atoms with Gasteiger partial charge in [0.05, 0.1) is 0 Å². The lowest BCUT2D eigenvalue weighted by molar-refractivity contribution is 0.129. The molecule has 1 N–H and O–H groups in total. The number of hydrogen-bond donors (Lipinski definition) is 1. The molecule has 0 spiro atoms. The van der Waals surface area contributed by atoms with Gasteiger partial charge in [0.2, 0.25) is 5.89 Å². The van der Waals surface area contributed by atoms with Crippen molar-refractivity contribution >= 4 is 5.96 Å². The van der Waals surface area contributed by atoms with Crippen LogP contribution in [0.5, 0.6) is 5.75 Å². The Balaban J connectivity index is 1.57. The first-order valence-electron chi connectivity index (χ1n) is 10.0. The summed E-state index contributed by atoms with van der Waals surface area (Å²) in [4.78, 5) is 11.5. The summed E-state index contributed by atoms with van der Waals surface area (Å²) in [6.45, 7) is 11.3. The van der Waals surface area contributed by atoms with Crippen molar-refractivity contribution in [3.63, 3.8) is 0 Å². The maximum atomic E-state index is 6.09. The Morgan fingerprint density at radius 1 is 1.25 bits per heavy atom. The second kappa shape index (κ2) is 9.08. The number of nitrogens with one attached hydrogen (secondary N) is 1. The Bertz CT molecular complexity index is 759. The van der Waals surface area contributed by atoms with Crippen molar-refractivity contribution in [2.75, 3.05) is 19.6 Å². The van der Waals surface area contributed by atoms with Crippen molar-refractivity contribution in [3.05, 3.63) is 42.0 Å². The molecule has 0 unspecified atom stereocenters. The topological polar surface area (TPSA) is 75.8 Å². The molecule has 7 heteroatoms. The maximum absolute atomic E-state index is 6.09. The van der Waals surface area contributed by atoms with E-state index in [4.69, 9.17) is 14.3 Å². The molecular weight excluding hydrogens is 354 g/mol. The molecule has 0 amide bonds. The molecule has 1 aliphatic heterocycles. The number of aromatic nitrogens is 2. The SMILES string of the molecule is CCNC(=NCc1noc(C(C)(C)C)n1)N1CCC(Oc2ccccc2)CC1. The van der Waals surface area contributed by atoms with Crippen LogP contribution in [0.15, 0.2) is 39.8 Å². The van der Waals surface area contributed by atoms with Gasteiger partial charge in [-0.3, -0.25) is 0 Å². The predicted octanol–water partition coefficient (Wildman–Crippen LogP) is 3.38. The van der Waals surface area contributed by atoms with Crippen LogP contribution in [-0.2, 0) is 12.0 Å². The van der Waals surface area contributed by atoms with E-state index >= 15 is 0 Å². The number of piperidine rings is 1. The zero-order valence-electron chi connectivity index (χ0n) is 17.3. The highest BCUT2D eigenvalue weighted by molar-refractivity contribution is 5.80. The Morgan fingerprint density at radius 2 is 1.96 bits per heavy atom. The molecule has 152 valence electrons. The van der Waals surface area contributed by atoms with E-state index in [2.05, 4.69) is 48.1 Å². The minimum absolute atomic E-state index is 0.153. The molecule has 0 bridgehead atoms. The molecule has 2 aromatic rings. The number of para-hydroxylation sites is 1. The van der Waals surface area contributed by atoms with E-state index in [0.717, 1.165) is 44.2 Å². The van der Waals surface area contributed by atoms with Crippen molar-refractivity contribution in [2.45, 2.75) is 58.6 Å². The third kappa shape index (κ3) is 5.47. The largest absolute Gasteiger partial charge is 0.490 e. The fourth-order valence-corrected chi connectivity index (χ4v) is 3.07. The summed E-state index contributed by atoms with van der Waals surface area (Å²) in [5.41, 5.74) is -0.153. The van der Waals surface area contributed by atoms with Gasteiger partial charge in [0, 0.05) is 37.9 Å². The van der Waals surface area contributed by atoms with Crippen LogP contribution in [-0.4, -0.2) is 46.7 Å². The summed E-state index contributed by atoms with van der Waals surface area (Å²) in [6, 6.07) is 10.0. The lowest BCUT2D eigenvalue weighted by Gasteiger charge is -2.34. The van der Waals surface area contributed by atoms with E-state index in [1.807, 2.05) is 30.3 Å². The van der Waals surface area contributed by atoms with E-state index < -0.39 is 0 Å². The highest BCUT2D eigenvalue weighted by atomic mass is 16.5. The van der Waals surface area contributed by atoms with Crippen LogP contribution >= 0.6 is 0 Å². The van der Waals surface area contributed by atoms with Gasteiger partial charge >= 0.3 is 0 Å². The Hall–Kier alpha value is -2.57. The van der Waals surface area contributed by atoms with Crippen molar-refractivity contribution in [2.24, 2.45) is 4.99 Å². The Kier molecular flexibility index (Phi) is 6.54. The molecule has 0 aliphatic carbocycles. The molecule has 1 aliphatic rings. The average molecular weight is 386 g/mol. The van der Waals surface area contributed by atoms with E-state index in [1.54, 1.807) is 0 Å². The van der Waals surface area contributed by atoms with Gasteiger partial charge in [-0.2, -0.15) is 4.98 Å². The molecule has 1 aromatic carbocycles. The normalized spacial score (nSPS) is 16.3. The Morgan fingerprint density at radius 3 is 2.57 bits per heavy atom. The second-order valence-corrected chi connectivity index (χ2v) is 8.05. The summed E-state index contributed by atoms with van der Waals surface area (Å²) >= 11 is 0. The molecule has 1 fully saturated rings. The van der Waals surface area contributed by atoms with E-state index in [-0.39, 0.29) is 11.5 Å². The third-order valence-electron chi connectivity index (χ3n) is 4.60. The first kappa shape index (κ1) is 20.2. The number of guanidine groups is 1. The second-order valence-electron chi connectivity index (χ2n) is 8.05. The van der Waals surface area contributed by atoms with Gasteiger partial charge in [-0.15, -0.1) is 0 Å². The third-order valence-corrected chi connectivity index (χ3v) is 4.60. The fraction of sp³-hybridized carbons (Fsp3) is 0.571. The van der Waals surface area contributed by atoms with Crippen molar-refractivity contribution < 1.29 is 9.26 Å². The van der Waals surface area contributed by atoms with E-state index in [1.165, 1.54) is 0 Å². The summed E-state index contributed by atoms with van der Waals surface area (Å²) in [7, 11) is 0. The van der Waals surface area contributed by atoms with Crippen molar-refractivity contribution in [3.8, 4) is 5.75 Å². The molecule has 0 radical (unpaired) electrons. The summed E-state index contributed by atoms with van der Waals surface area (Å²) in [5.74, 6) is 3.08. The smallest absolute Gasteiger partial charge is 0.232 e. The first-order chi connectivity index (χ1) is 13.5. The van der Waals surface area contributed by atoms with Gasteiger partial charge in [0.15, 0.2) is 11.8 Å². The quantitative estimate of drug-likeness (QED) is 0.628. The van der Waals surface area contributed by atoms with E-state index in [0.29, 0.717) is 18.3 Å². The zero-order valence-corrected chi connectivity index (χ0v) is 17.3. The number of likely N-dealkylation sites (tertiary alicyclic amines) is 1. The summed E-state index contributed by atoms with van der Waals surface area (Å²) in [5, 5.41) is 7.43. The average Bonchev–Trinajstić information content (AvgIpc) is 3.16. The predicted molar refractivity (Wildman–Crippen MR) is 109 cm³/mol. The number of benzene rings is 1. The molecule has 1 aromatic heterocycles. The number of nitrogens with zero attached hydrogens (tertiary/aromatic N) is 4. The first-order valence-corrected chi connectivity index (χ1v) is 10.0. The summed E-state index contributed by atoms with van der Waals surface area (Å²) < 4.78 is 11.4. The van der Waals surface area contributed by atoms with E-state index in [9.17, 15) is 0 Å². The van der Waals surface area contributed by atoms with Gasteiger partial charge < -0.3 is 19.5 Å². The van der Waals surface area contributed by atoms with Gasteiger partial charge in [0.25, 0.3) is 0 Å². The summed E-state index contributed by atoms with van der Waals surface area (Å²) in [6.07, 6.45) is 2.18. The molecule has 0 saturated carbocycles. The highest BCUT2D eigenvalue weighted by Crippen LogP contribution is 2.20. The lowest BCUT2D eigenvalue weighted by Crippen LogP contribution is -2.47. The van der Waals surface area contributed by atoms with Crippen LogP contribution in [0.4, 0.5) is 0 Å². The van der Waals surface area contributed by atoms with Crippen LogP contribution in [0, 0.1) is 0 Å². The minimum Gasteiger partial charge on any atom is -0.490 e. The molecule has 3 rings (SSSR count). The van der Waals surface area contributed by atoms with Crippen molar-refractivity contribution in [1.82, 2.24) is 20.4 Å². The standard InChI is InChI=1S/C21H31N5O2/c1-5-22-20(23-15-18-24-19(28-25-18)21(2,3)4)26-13-11-17(12-14-26)27-16-9-7-6-8-10-16/h6-10,17H,5,11-15H2,1-4H3,(H,22,23). The molecule has 7 nitrogen and oxygen atoms in total. The fourth-order valence-electron chi connectivity index (χ4n) is 3.07. The molecular formula is C21H31N5O2. The van der Waals surface area contributed by atoms with Gasteiger partial charge in [-0.05, 0) is 19.1 Å². The number of rotatable bonds is 5. The van der Waals surface area contributed by atoms with Crippen LogP contribution in [0.2, 0.25) is 0 Å². The monoisotopic (exact) mass is 385 g/mol. The maximum Gasteiger partial charge on any atom is 0.232 e. The number of ether oxygens (including phenoxy) is 1. The molecule has 2 heterocycles. The Labute approximate surface area is 167 Å². The highest BCUT2D eigenvalue weighted by Gasteiger charge is 2.24. The zero-order chi connectivity index (χ0) is 20.0. The molecule has 0 atom stereocenters. The van der Waals surface area contributed by atoms with Crippen LogP contribution < -0.4 is 10.1 Å². The van der Waals surface area contributed by atoms with Crippen molar-refractivity contribution in [1.29, 1.82) is 0 Å².